The van der Waals surface area contributed by atoms with Crippen LogP contribution in [0.1, 0.15) is 46.6 Å². The lowest BCUT2D eigenvalue weighted by atomic mass is 10.1. The second kappa shape index (κ2) is 14.1. The van der Waals surface area contributed by atoms with Crippen molar-refractivity contribution in [3.63, 3.8) is 0 Å². The maximum absolute atomic E-state index is 12.7. The number of benzene rings is 2. The zero-order valence-corrected chi connectivity index (χ0v) is 25.3. The molecule has 4 rings (SSSR count). The van der Waals surface area contributed by atoms with Gasteiger partial charge in [0.2, 0.25) is 0 Å². The highest BCUT2D eigenvalue weighted by atomic mass is 32.2. The Morgan fingerprint density at radius 3 is 2.16 bits per heavy atom. The number of aromatic nitrogens is 1. The third-order valence-corrected chi connectivity index (χ3v) is 8.69. The van der Waals surface area contributed by atoms with E-state index in [2.05, 4.69) is 26.9 Å². The Morgan fingerprint density at radius 1 is 0.956 bits per heavy atom. The Hall–Kier alpha value is -4.45. The van der Waals surface area contributed by atoms with E-state index in [1.54, 1.807) is 19.9 Å². The number of carboxylic acid groups (broad SMARTS) is 1. The number of alkyl halides is 3. The first-order valence-corrected chi connectivity index (χ1v) is 15.4. The third-order valence-electron chi connectivity index (χ3n) is 7.10. The summed E-state index contributed by atoms with van der Waals surface area (Å²) in [4.78, 5) is 30.1. The number of carbonyl (C=O) groups excluding carboxylic acids is 1. The molecule has 0 bridgehead atoms. The first kappa shape index (κ1) is 33.4. The number of carboxylic acids is 1. The van der Waals surface area contributed by atoms with Crippen LogP contribution in [0.3, 0.4) is 0 Å². The molecule has 45 heavy (non-hydrogen) atoms. The van der Waals surface area contributed by atoms with Crippen LogP contribution in [0, 0.1) is 17.8 Å². The highest BCUT2D eigenvalue weighted by molar-refractivity contribution is 7.87. The van der Waals surface area contributed by atoms with Gasteiger partial charge in [0.25, 0.3) is 16.1 Å². The van der Waals surface area contributed by atoms with Crippen molar-refractivity contribution in [2.24, 2.45) is 5.92 Å². The number of rotatable bonds is 9. The van der Waals surface area contributed by atoms with Crippen LogP contribution in [0.4, 0.5) is 18.9 Å². The van der Waals surface area contributed by atoms with Crippen LogP contribution in [0.25, 0.3) is 0 Å². The number of hydrogen-bond acceptors (Lipinski definition) is 6. The van der Waals surface area contributed by atoms with Crippen molar-refractivity contribution in [1.29, 1.82) is 0 Å². The van der Waals surface area contributed by atoms with Crippen molar-refractivity contribution in [3.8, 4) is 11.8 Å². The molecular formula is C31H32F3N5O5S. The number of carbonyl (C=O) groups is 2. The fourth-order valence-electron chi connectivity index (χ4n) is 4.51. The molecule has 0 aliphatic carbocycles. The Kier molecular flexibility index (Phi) is 10.5. The molecule has 1 aromatic heterocycles. The molecule has 10 nitrogen and oxygen atoms in total. The van der Waals surface area contributed by atoms with Gasteiger partial charge in [0.15, 0.2) is 0 Å². The van der Waals surface area contributed by atoms with E-state index in [0.29, 0.717) is 29.8 Å². The number of nitrogens with zero attached hydrogens (tertiary/aromatic N) is 3. The topological polar surface area (TPSA) is 132 Å². The Morgan fingerprint density at radius 2 is 1.58 bits per heavy atom. The van der Waals surface area contributed by atoms with Crippen LogP contribution in [0.2, 0.25) is 0 Å². The van der Waals surface area contributed by atoms with E-state index in [0.717, 1.165) is 17.8 Å². The SMILES string of the molecule is CC(C)[C@@H](NS(=O)(=O)N1CCN(c2ccc(C#Cc3ccnc(C(=O)NCc4ccc(C(F)(F)F)cc4)c3)cc2)CC1)C(=O)O. The van der Waals surface area contributed by atoms with E-state index in [4.69, 9.17) is 0 Å². The molecule has 1 fully saturated rings. The maximum Gasteiger partial charge on any atom is 0.416 e. The second-order valence-corrected chi connectivity index (χ2v) is 12.4. The third kappa shape index (κ3) is 9.04. The molecule has 0 unspecified atom stereocenters. The quantitative estimate of drug-likeness (QED) is 0.304. The first-order valence-electron chi connectivity index (χ1n) is 14.0. The molecule has 2 heterocycles. The average Bonchev–Trinajstić information content (AvgIpc) is 3.01. The Bertz CT molecular complexity index is 1680. The number of nitrogens with one attached hydrogen (secondary N) is 2. The summed E-state index contributed by atoms with van der Waals surface area (Å²) in [5.41, 5.74) is 2.00. The minimum atomic E-state index is -4.43. The summed E-state index contributed by atoms with van der Waals surface area (Å²) < 4.78 is 67.2. The van der Waals surface area contributed by atoms with Gasteiger partial charge in [-0.3, -0.25) is 14.6 Å². The van der Waals surface area contributed by atoms with Crippen LogP contribution < -0.4 is 14.9 Å². The van der Waals surface area contributed by atoms with Crippen molar-refractivity contribution < 1.29 is 36.3 Å². The minimum absolute atomic E-state index is 0.0337. The van der Waals surface area contributed by atoms with Gasteiger partial charge in [-0.2, -0.15) is 30.6 Å². The predicted molar refractivity (Wildman–Crippen MR) is 161 cm³/mol. The fourth-order valence-corrected chi connectivity index (χ4v) is 6.00. The van der Waals surface area contributed by atoms with Gasteiger partial charge in [-0.25, -0.2) is 0 Å². The standard InChI is InChI=1S/C31H32F3N5O5S/c1-21(2)28(30(41)42)37-45(43,44)39-17-15-38(16-18-39)26-11-7-22(8-12-26)3-4-23-13-14-35-27(19-23)29(40)36-20-24-5-9-25(10-6-24)31(32,33)34/h5-14,19,21,28,37H,15-18,20H2,1-2H3,(H,36,40)(H,41,42)/t28-/m1/s1. The van der Waals surface area contributed by atoms with Gasteiger partial charge in [-0.15, -0.1) is 0 Å². The fraction of sp³-hybridized carbons (Fsp3) is 0.323. The van der Waals surface area contributed by atoms with Crippen molar-refractivity contribution in [3.05, 3.63) is 94.8 Å². The number of hydrogen-bond donors (Lipinski definition) is 3. The van der Waals surface area contributed by atoms with Gasteiger partial charge in [-0.1, -0.05) is 37.8 Å². The zero-order chi connectivity index (χ0) is 32.8. The van der Waals surface area contributed by atoms with Crippen molar-refractivity contribution >= 4 is 27.8 Å². The van der Waals surface area contributed by atoms with Gasteiger partial charge < -0.3 is 15.3 Å². The Labute approximate surface area is 259 Å². The number of aliphatic carboxylic acids is 1. The molecule has 1 aliphatic heterocycles. The summed E-state index contributed by atoms with van der Waals surface area (Å²) >= 11 is 0. The van der Waals surface area contributed by atoms with Crippen molar-refractivity contribution in [1.82, 2.24) is 19.3 Å². The van der Waals surface area contributed by atoms with E-state index < -0.39 is 45.8 Å². The lowest BCUT2D eigenvalue weighted by molar-refractivity contribution is -0.140. The predicted octanol–water partition coefficient (Wildman–Crippen LogP) is 3.50. The summed E-state index contributed by atoms with van der Waals surface area (Å²) in [6.45, 7) is 4.55. The maximum atomic E-state index is 12.7. The van der Waals surface area contributed by atoms with Gasteiger partial charge in [0, 0.05) is 55.7 Å². The number of pyridine rings is 1. The monoisotopic (exact) mass is 643 g/mol. The van der Waals surface area contributed by atoms with E-state index >= 15 is 0 Å². The van der Waals surface area contributed by atoms with E-state index in [1.807, 2.05) is 29.2 Å². The van der Waals surface area contributed by atoms with Crippen molar-refractivity contribution in [2.75, 3.05) is 31.1 Å². The molecule has 3 aromatic rings. The largest absolute Gasteiger partial charge is 0.480 e. The second-order valence-electron chi connectivity index (χ2n) is 10.7. The van der Waals surface area contributed by atoms with Crippen LogP contribution in [-0.2, 0) is 27.7 Å². The van der Waals surface area contributed by atoms with Gasteiger partial charge >= 0.3 is 12.1 Å². The molecule has 0 radical (unpaired) electrons. The summed E-state index contributed by atoms with van der Waals surface area (Å²) in [5, 5.41) is 12.0. The molecule has 1 aliphatic rings. The number of halogens is 3. The lowest BCUT2D eigenvalue weighted by Gasteiger charge is -2.36. The molecule has 2 aromatic carbocycles. The van der Waals surface area contributed by atoms with E-state index in [9.17, 15) is 36.3 Å². The molecule has 238 valence electrons. The molecule has 1 saturated heterocycles. The summed E-state index contributed by atoms with van der Waals surface area (Å²) in [5.74, 6) is 3.90. The van der Waals surface area contributed by atoms with Crippen LogP contribution in [0.15, 0.2) is 66.9 Å². The van der Waals surface area contributed by atoms with Crippen LogP contribution in [-0.4, -0.2) is 66.9 Å². The van der Waals surface area contributed by atoms with Gasteiger partial charge in [-0.05, 0) is 60.0 Å². The smallest absolute Gasteiger partial charge is 0.416 e. The van der Waals surface area contributed by atoms with Crippen molar-refractivity contribution in [2.45, 2.75) is 32.6 Å². The minimum Gasteiger partial charge on any atom is -0.480 e. The summed E-state index contributed by atoms with van der Waals surface area (Å²) in [7, 11) is -3.96. The zero-order valence-electron chi connectivity index (χ0n) is 24.5. The summed E-state index contributed by atoms with van der Waals surface area (Å²) in [6.07, 6.45) is -2.99. The van der Waals surface area contributed by atoms with E-state index in [1.165, 1.54) is 28.7 Å². The Balaban J connectivity index is 1.31. The van der Waals surface area contributed by atoms with Gasteiger partial charge in [0.05, 0.1) is 5.56 Å². The highest BCUT2D eigenvalue weighted by Crippen LogP contribution is 2.29. The number of anilines is 1. The highest BCUT2D eigenvalue weighted by Gasteiger charge is 2.33. The molecular weight excluding hydrogens is 611 g/mol. The number of piperazine rings is 1. The molecule has 0 saturated carbocycles. The van der Waals surface area contributed by atoms with E-state index in [-0.39, 0.29) is 25.3 Å². The number of amides is 1. The average molecular weight is 644 g/mol. The molecule has 1 atom stereocenters. The molecule has 0 spiro atoms. The lowest BCUT2D eigenvalue weighted by Crippen LogP contribution is -2.55. The first-order chi connectivity index (χ1) is 21.2. The molecule has 1 amide bonds. The summed E-state index contributed by atoms with van der Waals surface area (Å²) in [6, 6.07) is 13.9. The van der Waals surface area contributed by atoms with Crippen LogP contribution >= 0.6 is 0 Å². The molecule has 3 N–H and O–H groups in total. The normalized spacial score (nSPS) is 14.8. The van der Waals surface area contributed by atoms with Gasteiger partial charge in [0.1, 0.15) is 11.7 Å². The van der Waals surface area contributed by atoms with Crippen LogP contribution in [0.5, 0.6) is 0 Å². The molecule has 14 heteroatoms.